The molecule has 7 heteroatoms. The minimum Gasteiger partial charge on any atom is -0.306 e. The van der Waals surface area contributed by atoms with Crippen LogP contribution in [0.2, 0.25) is 0 Å². The summed E-state index contributed by atoms with van der Waals surface area (Å²) in [5.74, 6) is 0.215. The Bertz CT molecular complexity index is 867. The predicted octanol–water partition coefficient (Wildman–Crippen LogP) is 3.60. The van der Waals surface area contributed by atoms with E-state index < -0.39 is 0 Å². The lowest BCUT2D eigenvalue weighted by Gasteiger charge is -2.19. The van der Waals surface area contributed by atoms with E-state index in [0.717, 1.165) is 0 Å². The van der Waals surface area contributed by atoms with Crippen LogP contribution in [0.4, 0.5) is 5.82 Å². The Morgan fingerprint density at radius 1 is 1.17 bits per heavy atom. The fourth-order valence-electron chi connectivity index (χ4n) is 2.24. The molecule has 3 rings (SSSR count). The van der Waals surface area contributed by atoms with Gasteiger partial charge in [0.1, 0.15) is 16.7 Å². The van der Waals surface area contributed by atoms with Crippen LogP contribution in [0.3, 0.4) is 0 Å². The molecule has 1 N–H and O–H groups in total. The summed E-state index contributed by atoms with van der Waals surface area (Å²) in [5.41, 5.74) is 1.00. The Morgan fingerprint density at radius 2 is 1.87 bits per heavy atom. The molecule has 0 saturated heterocycles. The molecular formula is C16H16BrN5O. The lowest BCUT2D eigenvalue weighted by Crippen LogP contribution is -2.23. The van der Waals surface area contributed by atoms with Crippen LogP contribution in [0, 0.1) is 0 Å². The molecule has 0 saturated carbocycles. The number of nitrogens with one attached hydrogen (secondary N) is 1. The van der Waals surface area contributed by atoms with E-state index in [0.29, 0.717) is 27.0 Å². The maximum Gasteiger partial charge on any atom is 0.256 e. The van der Waals surface area contributed by atoms with Crippen LogP contribution in [0.5, 0.6) is 0 Å². The zero-order valence-corrected chi connectivity index (χ0v) is 14.6. The van der Waals surface area contributed by atoms with Gasteiger partial charge in [-0.1, -0.05) is 18.2 Å². The number of amides is 1. The van der Waals surface area contributed by atoms with Gasteiger partial charge in [0.2, 0.25) is 0 Å². The number of anilines is 1. The normalized spacial score (nSPS) is 11.7. The van der Waals surface area contributed by atoms with Gasteiger partial charge >= 0.3 is 0 Å². The van der Waals surface area contributed by atoms with Crippen LogP contribution in [0.25, 0.3) is 11.0 Å². The smallest absolute Gasteiger partial charge is 0.256 e. The number of carbonyl (C=O) groups is 1. The van der Waals surface area contributed by atoms with Crippen molar-refractivity contribution in [1.29, 1.82) is 0 Å². The van der Waals surface area contributed by atoms with Gasteiger partial charge in [0, 0.05) is 5.56 Å². The summed E-state index contributed by atoms with van der Waals surface area (Å²) in [7, 11) is 0. The summed E-state index contributed by atoms with van der Waals surface area (Å²) in [6.07, 6.45) is 1.43. The molecule has 1 aromatic carbocycles. The average molecular weight is 374 g/mol. The van der Waals surface area contributed by atoms with Crippen LogP contribution < -0.4 is 5.32 Å². The van der Waals surface area contributed by atoms with Gasteiger partial charge in [-0.25, -0.2) is 14.6 Å². The van der Waals surface area contributed by atoms with Crippen molar-refractivity contribution in [2.75, 3.05) is 5.32 Å². The van der Waals surface area contributed by atoms with E-state index in [1.54, 1.807) is 12.1 Å². The second-order valence-electron chi connectivity index (χ2n) is 6.11. The maximum absolute atomic E-state index is 12.4. The van der Waals surface area contributed by atoms with Crippen molar-refractivity contribution in [3.05, 3.63) is 46.8 Å². The molecule has 0 spiro atoms. The van der Waals surface area contributed by atoms with Crippen molar-refractivity contribution in [2.45, 2.75) is 26.3 Å². The van der Waals surface area contributed by atoms with Crippen molar-refractivity contribution in [3.63, 3.8) is 0 Å². The summed E-state index contributed by atoms with van der Waals surface area (Å²) in [6, 6.07) is 9.00. The zero-order valence-electron chi connectivity index (χ0n) is 13.0. The first-order chi connectivity index (χ1) is 10.9. The van der Waals surface area contributed by atoms with Gasteiger partial charge in [-0.05, 0) is 48.8 Å². The Hall–Kier alpha value is -2.28. The van der Waals surface area contributed by atoms with Crippen LogP contribution in [-0.2, 0) is 5.54 Å². The Kier molecular flexibility index (Phi) is 3.89. The Morgan fingerprint density at radius 3 is 2.52 bits per heavy atom. The number of fused-ring (bicyclic) bond motifs is 1. The number of hydrogen-bond donors (Lipinski definition) is 1. The number of nitrogens with zero attached hydrogens (tertiary/aromatic N) is 4. The monoisotopic (exact) mass is 373 g/mol. The summed E-state index contributed by atoms with van der Waals surface area (Å²) < 4.78 is 2.41. The highest BCUT2D eigenvalue weighted by molar-refractivity contribution is 9.10. The van der Waals surface area contributed by atoms with Crippen molar-refractivity contribution >= 4 is 38.7 Å². The molecule has 6 nitrogen and oxygen atoms in total. The quantitative estimate of drug-likeness (QED) is 0.744. The second kappa shape index (κ2) is 5.73. The van der Waals surface area contributed by atoms with Gasteiger partial charge < -0.3 is 5.32 Å². The fourth-order valence-corrected chi connectivity index (χ4v) is 2.77. The first-order valence-electron chi connectivity index (χ1n) is 7.14. The van der Waals surface area contributed by atoms with Crippen molar-refractivity contribution in [3.8, 4) is 0 Å². The summed E-state index contributed by atoms with van der Waals surface area (Å²) >= 11 is 3.44. The molecule has 0 aliphatic heterocycles. The molecule has 0 aliphatic carbocycles. The number of benzene rings is 1. The number of aromatic nitrogens is 4. The predicted molar refractivity (Wildman–Crippen MR) is 92.4 cm³/mol. The number of carbonyl (C=O) groups excluding carboxylic acids is 1. The molecular weight excluding hydrogens is 358 g/mol. The first-order valence-corrected chi connectivity index (χ1v) is 7.93. The minimum absolute atomic E-state index is 0.221. The van der Waals surface area contributed by atoms with E-state index in [2.05, 4.69) is 36.3 Å². The lowest BCUT2D eigenvalue weighted by atomic mass is 10.1. The summed E-state index contributed by atoms with van der Waals surface area (Å²) in [4.78, 5) is 20.9. The highest BCUT2D eigenvalue weighted by Crippen LogP contribution is 2.30. The Labute approximate surface area is 142 Å². The molecule has 118 valence electrons. The highest BCUT2D eigenvalue weighted by Gasteiger charge is 2.23. The minimum atomic E-state index is -0.237. The standard InChI is InChI=1S/C16H16BrN5O/c1-16(2,3)22-14-11(12(17)21-22)13(18-9-19-14)20-15(23)10-7-5-4-6-8-10/h4-9H,1-3H3,(H,18,19,20,23). The second-order valence-corrected chi connectivity index (χ2v) is 6.87. The molecule has 0 bridgehead atoms. The van der Waals surface area contributed by atoms with Gasteiger partial charge in [-0.15, -0.1) is 0 Å². The van der Waals surface area contributed by atoms with E-state index in [1.165, 1.54) is 6.33 Å². The maximum atomic E-state index is 12.4. The number of halogens is 1. The average Bonchev–Trinajstić information content (AvgIpc) is 2.86. The van der Waals surface area contributed by atoms with Gasteiger partial charge in [0.05, 0.1) is 10.9 Å². The first kappa shape index (κ1) is 15.6. The van der Waals surface area contributed by atoms with E-state index >= 15 is 0 Å². The van der Waals surface area contributed by atoms with E-state index in [9.17, 15) is 4.79 Å². The van der Waals surface area contributed by atoms with Crippen LogP contribution in [0.15, 0.2) is 41.3 Å². The van der Waals surface area contributed by atoms with Gasteiger partial charge in [0.15, 0.2) is 5.65 Å². The van der Waals surface area contributed by atoms with Crippen LogP contribution >= 0.6 is 15.9 Å². The third kappa shape index (κ3) is 2.96. The largest absolute Gasteiger partial charge is 0.306 e. The summed E-state index contributed by atoms with van der Waals surface area (Å²) in [6.45, 7) is 6.11. The molecule has 2 aromatic heterocycles. The van der Waals surface area contributed by atoms with E-state index in [-0.39, 0.29) is 11.4 Å². The number of hydrogen-bond acceptors (Lipinski definition) is 4. The Balaban J connectivity index is 2.06. The SMILES string of the molecule is CC(C)(C)n1nc(Br)c2c(NC(=O)c3ccccc3)ncnc21. The molecule has 0 unspecified atom stereocenters. The topological polar surface area (TPSA) is 72.7 Å². The van der Waals surface area contributed by atoms with Crippen molar-refractivity contribution in [2.24, 2.45) is 0 Å². The van der Waals surface area contributed by atoms with E-state index in [4.69, 9.17) is 0 Å². The molecule has 0 fully saturated rings. The van der Waals surface area contributed by atoms with Crippen molar-refractivity contribution in [1.82, 2.24) is 19.7 Å². The molecule has 0 radical (unpaired) electrons. The molecule has 3 aromatic rings. The number of rotatable bonds is 2. The third-order valence-corrected chi connectivity index (χ3v) is 3.88. The molecule has 0 aliphatic rings. The van der Waals surface area contributed by atoms with Gasteiger partial charge in [0.25, 0.3) is 5.91 Å². The molecule has 2 heterocycles. The lowest BCUT2D eigenvalue weighted by molar-refractivity contribution is 0.102. The molecule has 23 heavy (non-hydrogen) atoms. The fraction of sp³-hybridized carbons (Fsp3) is 0.250. The highest BCUT2D eigenvalue weighted by atomic mass is 79.9. The van der Waals surface area contributed by atoms with Gasteiger partial charge in [-0.3, -0.25) is 4.79 Å². The third-order valence-electron chi connectivity index (χ3n) is 3.33. The van der Waals surface area contributed by atoms with Crippen molar-refractivity contribution < 1.29 is 4.79 Å². The zero-order chi connectivity index (χ0) is 16.6. The molecule has 1 amide bonds. The van der Waals surface area contributed by atoms with Crippen LogP contribution in [0.1, 0.15) is 31.1 Å². The molecule has 0 atom stereocenters. The van der Waals surface area contributed by atoms with Crippen LogP contribution in [-0.4, -0.2) is 25.7 Å². The summed E-state index contributed by atoms with van der Waals surface area (Å²) in [5, 5.41) is 8.00. The van der Waals surface area contributed by atoms with E-state index in [1.807, 2.05) is 43.7 Å². The van der Waals surface area contributed by atoms with Gasteiger partial charge in [-0.2, -0.15) is 5.10 Å².